The predicted octanol–water partition coefficient (Wildman–Crippen LogP) is 2.78. The predicted molar refractivity (Wildman–Crippen MR) is 117 cm³/mol. The van der Waals surface area contributed by atoms with E-state index in [1.54, 1.807) is 17.8 Å². The van der Waals surface area contributed by atoms with Gasteiger partial charge in [-0.2, -0.15) is 0 Å². The lowest BCUT2D eigenvalue weighted by atomic mass is 9.50. The van der Waals surface area contributed by atoms with Crippen molar-refractivity contribution in [3.8, 4) is 0 Å². The number of aromatic nitrogens is 4. The normalized spacial score (nSPS) is 24.9. The Morgan fingerprint density at radius 3 is 2.60 bits per heavy atom. The van der Waals surface area contributed by atoms with Crippen molar-refractivity contribution >= 4 is 22.1 Å². The van der Waals surface area contributed by atoms with Gasteiger partial charge in [0.2, 0.25) is 0 Å². The van der Waals surface area contributed by atoms with Crippen LogP contribution in [0.2, 0.25) is 0 Å². The fraction of sp³-hybridized carbons (Fsp3) is 0.500. The van der Waals surface area contributed by atoms with Crippen LogP contribution < -0.4 is 10.3 Å². The summed E-state index contributed by atoms with van der Waals surface area (Å²) in [5, 5.41) is 10.4. The number of hydrogen-bond donors (Lipinski definition) is 1. The zero-order valence-electron chi connectivity index (χ0n) is 17.8. The fourth-order valence-electron chi connectivity index (χ4n) is 4.57. The standard InChI is InChI=1S/C22H27N5O2S/c1-21(2,3)30(29)24-19(18-13-27(25-23-18)22-10-14(11-22)12-22)16-6-5-7-17-15(16)8-9-26(4)20(17)28/h5-9,13-14,19,24H,10-12H2,1-4H3/t14?,19-,22?,30-/m0/s1. The van der Waals surface area contributed by atoms with E-state index >= 15 is 0 Å². The maximum atomic E-state index is 13.0. The summed E-state index contributed by atoms with van der Waals surface area (Å²) in [7, 11) is 1.74. The first-order valence-corrected chi connectivity index (χ1v) is 11.5. The number of nitrogens with zero attached hydrogens (tertiary/aromatic N) is 4. The molecular formula is C22H27N5O2S. The Hall–Kier alpha value is -2.16. The first-order chi connectivity index (χ1) is 14.2. The molecular weight excluding hydrogens is 398 g/mol. The molecule has 2 heterocycles. The molecule has 158 valence electrons. The van der Waals surface area contributed by atoms with E-state index < -0.39 is 22.2 Å². The van der Waals surface area contributed by atoms with Crippen molar-refractivity contribution in [3.05, 3.63) is 58.3 Å². The van der Waals surface area contributed by atoms with Crippen LogP contribution in [0.1, 0.15) is 57.3 Å². The smallest absolute Gasteiger partial charge is 0.258 e. The van der Waals surface area contributed by atoms with Crippen LogP contribution in [0.5, 0.6) is 0 Å². The Morgan fingerprint density at radius 2 is 1.97 bits per heavy atom. The van der Waals surface area contributed by atoms with E-state index in [9.17, 15) is 9.35 Å². The lowest BCUT2D eigenvalue weighted by Crippen LogP contribution is -2.59. The number of fused-ring (bicyclic) bond motifs is 1. The molecule has 3 aliphatic rings. The van der Waals surface area contributed by atoms with Crippen LogP contribution in [0, 0.1) is 5.92 Å². The second-order valence-electron chi connectivity index (χ2n) is 9.76. The van der Waals surface area contributed by atoms with Crippen molar-refractivity contribution in [1.29, 1.82) is 0 Å². The molecule has 0 radical (unpaired) electrons. The second-order valence-corrected chi connectivity index (χ2v) is 11.8. The molecule has 1 N–H and O–H groups in total. The van der Waals surface area contributed by atoms with Gasteiger partial charge in [0.25, 0.3) is 5.56 Å². The van der Waals surface area contributed by atoms with Gasteiger partial charge in [0.15, 0.2) is 0 Å². The number of nitrogens with one attached hydrogen (secondary N) is 1. The molecule has 2 aromatic heterocycles. The van der Waals surface area contributed by atoms with Gasteiger partial charge in [0.05, 0.1) is 11.7 Å². The molecule has 0 saturated heterocycles. The lowest BCUT2D eigenvalue weighted by Gasteiger charge is -2.61. The summed E-state index contributed by atoms with van der Waals surface area (Å²) in [6.45, 7) is 5.81. The summed E-state index contributed by atoms with van der Waals surface area (Å²) >= 11 is -1.32. The van der Waals surface area contributed by atoms with Crippen molar-refractivity contribution in [2.75, 3.05) is 0 Å². The van der Waals surface area contributed by atoms with Gasteiger partial charge < -0.3 is 9.12 Å². The van der Waals surface area contributed by atoms with Gasteiger partial charge >= 0.3 is 0 Å². The first kappa shape index (κ1) is 19.8. The lowest BCUT2D eigenvalue weighted by molar-refractivity contribution is -0.0989. The van der Waals surface area contributed by atoms with Crippen molar-refractivity contribution in [3.63, 3.8) is 0 Å². The van der Waals surface area contributed by atoms with E-state index in [1.807, 2.05) is 55.9 Å². The summed E-state index contributed by atoms with van der Waals surface area (Å²) in [6.07, 6.45) is 7.28. The van der Waals surface area contributed by atoms with Crippen molar-refractivity contribution in [1.82, 2.24) is 24.3 Å². The molecule has 3 saturated carbocycles. The molecule has 0 unspecified atom stereocenters. The SMILES string of the molecule is Cn1ccc2c([C@H](N[S@@+]([O-])C(C)(C)C)c3cn(C45CC(C4)C5)nn3)cccc2c1=O. The van der Waals surface area contributed by atoms with Gasteiger partial charge in [0.1, 0.15) is 16.5 Å². The van der Waals surface area contributed by atoms with E-state index in [1.165, 1.54) is 19.3 Å². The topological polar surface area (TPSA) is 87.8 Å². The van der Waals surface area contributed by atoms with Crippen molar-refractivity contribution in [2.24, 2.45) is 13.0 Å². The number of pyridine rings is 1. The third-order valence-electron chi connectivity index (χ3n) is 6.55. The average molecular weight is 426 g/mol. The first-order valence-electron chi connectivity index (χ1n) is 10.4. The maximum Gasteiger partial charge on any atom is 0.258 e. The van der Waals surface area contributed by atoms with E-state index in [4.69, 9.17) is 0 Å². The van der Waals surface area contributed by atoms with E-state index in [2.05, 4.69) is 15.0 Å². The third-order valence-corrected chi connectivity index (χ3v) is 8.11. The molecule has 0 amide bonds. The van der Waals surface area contributed by atoms with Crippen LogP contribution in [-0.4, -0.2) is 28.9 Å². The van der Waals surface area contributed by atoms with Gasteiger partial charge in [-0.05, 0) is 69.0 Å². The van der Waals surface area contributed by atoms with Gasteiger partial charge in [-0.3, -0.25) is 4.79 Å². The Bertz CT molecular complexity index is 1160. The van der Waals surface area contributed by atoms with Crippen molar-refractivity contribution < 1.29 is 4.55 Å². The van der Waals surface area contributed by atoms with Crippen molar-refractivity contribution in [2.45, 2.75) is 56.4 Å². The van der Waals surface area contributed by atoms with Gasteiger partial charge in [-0.1, -0.05) is 17.3 Å². The van der Waals surface area contributed by atoms with Crippen LogP contribution in [-0.2, 0) is 23.9 Å². The minimum absolute atomic E-state index is 0.0532. The Kier molecular flexibility index (Phi) is 4.40. The summed E-state index contributed by atoms with van der Waals surface area (Å²) in [4.78, 5) is 12.7. The monoisotopic (exact) mass is 425 g/mol. The highest BCUT2D eigenvalue weighted by molar-refractivity contribution is 7.90. The van der Waals surface area contributed by atoms with E-state index in [0.717, 1.165) is 22.6 Å². The zero-order chi connectivity index (χ0) is 21.3. The van der Waals surface area contributed by atoms with Crippen LogP contribution in [0.25, 0.3) is 10.8 Å². The average Bonchev–Trinajstić information content (AvgIpc) is 3.08. The van der Waals surface area contributed by atoms with Gasteiger partial charge in [-0.25, -0.2) is 4.68 Å². The Labute approximate surface area is 178 Å². The fourth-order valence-corrected chi connectivity index (χ4v) is 5.39. The summed E-state index contributed by atoms with van der Waals surface area (Å²) < 4.78 is 19.4. The largest absolute Gasteiger partial charge is 0.598 e. The summed E-state index contributed by atoms with van der Waals surface area (Å²) in [5.41, 5.74) is 1.69. The van der Waals surface area contributed by atoms with Crippen LogP contribution in [0.4, 0.5) is 0 Å². The van der Waals surface area contributed by atoms with Crippen LogP contribution >= 0.6 is 0 Å². The maximum absolute atomic E-state index is 13.0. The molecule has 7 nitrogen and oxygen atoms in total. The molecule has 8 heteroatoms. The van der Waals surface area contributed by atoms with Gasteiger partial charge in [0, 0.05) is 30.0 Å². The Morgan fingerprint density at radius 1 is 1.23 bits per heavy atom. The second kappa shape index (κ2) is 6.67. The highest BCUT2D eigenvalue weighted by atomic mass is 32.2. The van der Waals surface area contributed by atoms with Gasteiger partial charge in [-0.15, -0.1) is 9.82 Å². The Balaban J connectivity index is 1.61. The molecule has 2 atom stereocenters. The van der Waals surface area contributed by atoms with Crippen LogP contribution in [0.15, 0.2) is 41.5 Å². The minimum atomic E-state index is -1.32. The molecule has 3 aromatic rings. The van der Waals surface area contributed by atoms with E-state index in [0.29, 0.717) is 5.39 Å². The number of benzene rings is 1. The number of rotatable bonds is 5. The quantitative estimate of drug-likeness (QED) is 0.635. The van der Waals surface area contributed by atoms with Crippen LogP contribution in [0.3, 0.4) is 0 Å². The molecule has 0 aliphatic heterocycles. The summed E-state index contributed by atoms with van der Waals surface area (Å²) in [5.74, 6) is 0.842. The molecule has 30 heavy (non-hydrogen) atoms. The number of aryl methyl sites for hydroxylation is 1. The zero-order valence-corrected chi connectivity index (χ0v) is 18.6. The third kappa shape index (κ3) is 3.01. The summed E-state index contributed by atoms with van der Waals surface area (Å²) in [6, 6.07) is 7.18. The molecule has 2 bridgehead atoms. The molecule has 3 fully saturated rings. The van der Waals surface area contributed by atoms with E-state index in [-0.39, 0.29) is 11.1 Å². The molecule has 1 aromatic carbocycles. The number of hydrogen-bond acceptors (Lipinski definition) is 5. The molecule has 0 spiro atoms. The highest BCUT2D eigenvalue weighted by Gasteiger charge is 2.59. The minimum Gasteiger partial charge on any atom is -0.598 e. The highest BCUT2D eigenvalue weighted by Crippen LogP contribution is 2.61. The molecule has 6 rings (SSSR count). The molecule has 3 aliphatic carbocycles.